The average Bonchev–Trinajstić information content (AvgIpc) is 2.47. The fourth-order valence-electron chi connectivity index (χ4n) is 2.33. The number of rotatable bonds is 7. The van der Waals surface area contributed by atoms with Crippen LogP contribution in [0.2, 0.25) is 0 Å². The Labute approximate surface area is 115 Å². The van der Waals surface area contributed by atoms with Crippen molar-refractivity contribution in [2.24, 2.45) is 0 Å². The molecule has 0 N–H and O–H groups in total. The Hall–Kier alpha value is -1.67. The second-order valence-electron chi connectivity index (χ2n) is 4.91. The van der Waals surface area contributed by atoms with E-state index in [-0.39, 0.29) is 0 Å². The van der Waals surface area contributed by atoms with E-state index in [1.165, 1.54) is 11.1 Å². The molecule has 2 heteroatoms. The van der Waals surface area contributed by atoms with Crippen molar-refractivity contribution in [1.29, 1.82) is 0 Å². The maximum absolute atomic E-state index is 10.6. The molecular weight excluding hydrogens is 234 g/mol. The zero-order valence-corrected chi connectivity index (χ0v) is 11.3. The second-order valence-corrected chi connectivity index (χ2v) is 4.91. The van der Waals surface area contributed by atoms with Crippen molar-refractivity contribution in [3.8, 4) is 0 Å². The number of allylic oxidation sites excluding steroid dienone is 2. The van der Waals surface area contributed by atoms with Crippen molar-refractivity contribution in [2.45, 2.75) is 25.8 Å². The van der Waals surface area contributed by atoms with Crippen molar-refractivity contribution in [2.75, 3.05) is 13.1 Å². The summed E-state index contributed by atoms with van der Waals surface area (Å²) in [6.45, 7) is 2.66. The molecule has 1 aliphatic rings. The lowest BCUT2D eigenvalue weighted by Gasteiger charge is -2.23. The Kier molecular flexibility index (Phi) is 5.57. The molecule has 0 aliphatic heterocycles. The minimum Gasteiger partial charge on any atom is -0.303 e. The predicted octanol–water partition coefficient (Wildman–Crippen LogP) is 3.35. The number of carbonyl (C=O) groups is 1. The van der Waals surface area contributed by atoms with Gasteiger partial charge in [-0.05, 0) is 24.0 Å². The topological polar surface area (TPSA) is 20.3 Å². The summed E-state index contributed by atoms with van der Waals surface area (Å²) in [5, 5.41) is 0. The van der Waals surface area contributed by atoms with Crippen LogP contribution in [0.1, 0.15) is 24.8 Å². The van der Waals surface area contributed by atoms with E-state index in [0.717, 1.165) is 38.8 Å². The summed E-state index contributed by atoms with van der Waals surface area (Å²) in [6.07, 6.45) is 10.6. The molecule has 0 bridgehead atoms. The Balaban J connectivity index is 1.96. The Morgan fingerprint density at radius 3 is 2.63 bits per heavy atom. The van der Waals surface area contributed by atoms with Crippen LogP contribution < -0.4 is 0 Å². The molecule has 0 heterocycles. The van der Waals surface area contributed by atoms with Gasteiger partial charge >= 0.3 is 0 Å². The van der Waals surface area contributed by atoms with Crippen LogP contribution in [0, 0.1) is 0 Å². The van der Waals surface area contributed by atoms with E-state index >= 15 is 0 Å². The standard InChI is InChI=1S/C17H21NO/c19-13-7-12-18(14-16-8-3-1-4-9-16)15-17-10-5-2-6-11-17/h1,3-5,8-11,13H,2,6-7,12,14-15H2. The normalized spacial score (nSPS) is 14.5. The van der Waals surface area contributed by atoms with Gasteiger partial charge in [-0.1, -0.05) is 48.6 Å². The fourth-order valence-corrected chi connectivity index (χ4v) is 2.33. The van der Waals surface area contributed by atoms with E-state index in [1.807, 2.05) is 6.07 Å². The Morgan fingerprint density at radius 1 is 1.11 bits per heavy atom. The number of benzene rings is 1. The molecule has 1 aromatic carbocycles. The molecule has 19 heavy (non-hydrogen) atoms. The minimum absolute atomic E-state index is 0.601. The van der Waals surface area contributed by atoms with E-state index in [4.69, 9.17) is 0 Å². The van der Waals surface area contributed by atoms with Crippen LogP contribution in [0.3, 0.4) is 0 Å². The molecule has 0 unspecified atom stereocenters. The van der Waals surface area contributed by atoms with Crippen LogP contribution in [0.5, 0.6) is 0 Å². The van der Waals surface area contributed by atoms with Crippen LogP contribution >= 0.6 is 0 Å². The summed E-state index contributed by atoms with van der Waals surface area (Å²) in [6, 6.07) is 10.4. The first-order valence-corrected chi connectivity index (χ1v) is 6.94. The van der Waals surface area contributed by atoms with Crippen molar-refractivity contribution in [1.82, 2.24) is 4.90 Å². The predicted molar refractivity (Wildman–Crippen MR) is 78.9 cm³/mol. The van der Waals surface area contributed by atoms with Crippen LogP contribution in [-0.4, -0.2) is 24.3 Å². The third-order valence-electron chi connectivity index (χ3n) is 3.29. The molecule has 0 fully saturated rings. The van der Waals surface area contributed by atoms with Gasteiger partial charge in [-0.25, -0.2) is 0 Å². The lowest BCUT2D eigenvalue weighted by molar-refractivity contribution is -0.108. The molecule has 0 saturated heterocycles. The van der Waals surface area contributed by atoms with Gasteiger partial charge in [0.2, 0.25) is 0 Å². The number of hydrogen-bond donors (Lipinski definition) is 0. The highest BCUT2D eigenvalue weighted by Gasteiger charge is 2.08. The molecule has 0 amide bonds. The maximum Gasteiger partial charge on any atom is 0.121 e. The number of aldehydes is 1. The molecule has 1 aromatic rings. The highest BCUT2D eigenvalue weighted by Crippen LogP contribution is 2.13. The second kappa shape index (κ2) is 7.70. The summed E-state index contributed by atoms with van der Waals surface area (Å²) in [4.78, 5) is 12.9. The van der Waals surface area contributed by atoms with Crippen LogP contribution in [-0.2, 0) is 11.3 Å². The SMILES string of the molecule is O=CCCN(CC1=CCCC=C1)Cc1ccccc1. The van der Waals surface area contributed by atoms with Gasteiger partial charge in [-0.2, -0.15) is 0 Å². The highest BCUT2D eigenvalue weighted by molar-refractivity contribution is 5.49. The first kappa shape index (κ1) is 13.8. The van der Waals surface area contributed by atoms with E-state index in [2.05, 4.69) is 47.4 Å². The highest BCUT2D eigenvalue weighted by atomic mass is 16.1. The first-order chi connectivity index (χ1) is 9.38. The maximum atomic E-state index is 10.6. The van der Waals surface area contributed by atoms with Gasteiger partial charge in [-0.15, -0.1) is 0 Å². The van der Waals surface area contributed by atoms with Gasteiger partial charge in [-0.3, -0.25) is 4.90 Å². The lowest BCUT2D eigenvalue weighted by atomic mass is 10.1. The average molecular weight is 255 g/mol. The van der Waals surface area contributed by atoms with E-state index < -0.39 is 0 Å². The van der Waals surface area contributed by atoms with Crippen molar-refractivity contribution in [3.63, 3.8) is 0 Å². The van der Waals surface area contributed by atoms with Gasteiger partial charge in [0, 0.05) is 26.1 Å². The van der Waals surface area contributed by atoms with Gasteiger partial charge < -0.3 is 4.79 Å². The van der Waals surface area contributed by atoms with Gasteiger partial charge in [0.15, 0.2) is 0 Å². The van der Waals surface area contributed by atoms with E-state index in [0.29, 0.717) is 6.42 Å². The monoisotopic (exact) mass is 255 g/mol. The third-order valence-corrected chi connectivity index (χ3v) is 3.29. The molecule has 0 radical (unpaired) electrons. The molecule has 0 aromatic heterocycles. The molecule has 0 saturated carbocycles. The summed E-state index contributed by atoms with van der Waals surface area (Å²) in [7, 11) is 0. The molecule has 100 valence electrons. The molecule has 2 nitrogen and oxygen atoms in total. The van der Waals surface area contributed by atoms with Crippen molar-refractivity contribution in [3.05, 3.63) is 59.7 Å². The summed E-state index contributed by atoms with van der Waals surface area (Å²) >= 11 is 0. The largest absolute Gasteiger partial charge is 0.303 e. The zero-order chi connectivity index (χ0) is 13.3. The van der Waals surface area contributed by atoms with Gasteiger partial charge in [0.1, 0.15) is 6.29 Å². The number of nitrogens with zero attached hydrogens (tertiary/aromatic N) is 1. The van der Waals surface area contributed by atoms with Crippen LogP contribution in [0.25, 0.3) is 0 Å². The van der Waals surface area contributed by atoms with Crippen molar-refractivity contribution < 1.29 is 4.79 Å². The van der Waals surface area contributed by atoms with Gasteiger partial charge in [0.25, 0.3) is 0 Å². The zero-order valence-electron chi connectivity index (χ0n) is 11.3. The fraction of sp³-hybridized carbons (Fsp3) is 0.353. The number of carbonyl (C=O) groups excluding carboxylic acids is 1. The van der Waals surface area contributed by atoms with E-state index in [9.17, 15) is 4.79 Å². The summed E-state index contributed by atoms with van der Waals surface area (Å²) in [5.74, 6) is 0. The quantitative estimate of drug-likeness (QED) is 0.696. The molecular formula is C17H21NO. The lowest BCUT2D eigenvalue weighted by Crippen LogP contribution is -2.27. The smallest absolute Gasteiger partial charge is 0.121 e. The number of hydrogen-bond acceptors (Lipinski definition) is 2. The van der Waals surface area contributed by atoms with E-state index in [1.54, 1.807) is 0 Å². The summed E-state index contributed by atoms with van der Waals surface area (Å²) in [5.41, 5.74) is 2.67. The molecule has 0 atom stereocenters. The Bertz CT molecular complexity index is 448. The van der Waals surface area contributed by atoms with Crippen LogP contribution in [0.15, 0.2) is 54.1 Å². The molecule has 0 spiro atoms. The molecule has 2 rings (SSSR count). The minimum atomic E-state index is 0.601. The Morgan fingerprint density at radius 2 is 1.95 bits per heavy atom. The van der Waals surface area contributed by atoms with Gasteiger partial charge in [0.05, 0.1) is 0 Å². The molecule has 1 aliphatic carbocycles. The first-order valence-electron chi connectivity index (χ1n) is 6.94. The summed E-state index contributed by atoms with van der Waals surface area (Å²) < 4.78 is 0. The third kappa shape index (κ3) is 4.84. The van der Waals surface area contributed by atoms with Crippen LogP contribution in [0.4, 0.5) is 0 Å². The van der Waals surface area contributed by atoms with Crippen molar-refractivity contribution >= 4 is 6.29 Å².